The number of carboxylic acid groups (broad SMARTS) is 1. The second kappa shape index (κ2) is 10.5. The van der Waals surface area contributed by atoms with Crippen molar-refractivity contribution in [3.05, 3.63) is 59.7 Å². The molecule has 1 fully saturated rings. The Morgan fingerprint density at radius 1 is 1.15 bits per heavy atom. The zero-order valence-corrected chi connectivity index (χ0v) is 18.5. The predicted molar refractivity (Wildman–Crippen MR) is 123 cm³/mol. The van der Waals surface area contributed by atoms with Crippen molar-refractivity contribution in [3.8, 4) is 5.75 Å². The number of rotatable bonds is 9. The summed E-state index contributed by atoms with van der Waals surface area (Å²) >= 11 is 0. The van der Waals surface area contributed by atoms with Crippen LogP contribution in [0.5, 0.6) is 5.75 Å². The molecule has 1 saturated heterocycles. The molecule has 0 aliphatic carbocycles. The zero-order chi connectivity index (χ0) is 24.8. The highest BCUT2D eigenvalue weighted by Gasteiger charge is 2.34. The van der Waals surface area contributed by atoms with Crippen LogP contribution >= 0.6 is 0 Å². The van der Waals surface area contributed by atoms with Crippen molar-refractivity contribution in [3.63, 3.8) is 0 Å². The first-order chi connectivity index (χ1) is 16.2. The van der Waals surface area contributed by atoms with E-state index in [4.69, 9.17) is 15.9 Å². The number of anilines is 1. The molecular formula is C23H25N5O6. The number of amidine groups is 1. The maximum absolute atomic E-state index is 12.6. The topological polar surface area (TPSA) is 166 Å². The van der Waals surface area contributed by atoms with Crippen LogP contribution in [0.25, 0.3) is 0 Å². The fourth-order valence-electron chi connectivity index (χ4n) is 3.59. The van der Waals surface area contributed by atoms with Crippen LogP contribution in [-0.2, 0) is 19.2 Å². The Kier molecular flexibility index (Phi) is 7.46. The summed E-state index contributed by atoms with van der Waals surface area (Å²) in [5.41, 5.74) is 6.94. The van der Waals surface area contributed by atoms with Crippen LogP contribution in [0.4, 0.5) is 5.69 Å². The first kappa shape index (κ1) is 24.2. The summed E-state index contributed by atoms with van der Waals surface area (Å²) in [6.07, 6.45) is -0.365. The number of piperazine rings is 1. The number of ether oxygens (including phenoxy) is 1. The van der Waals surface area contributed by atoms with Crippen LogP contribution in [0.1, 0.15) is 23.6 Å². The number of carboxylic acids is 1. The largest absolute Gasteiger partial charge is 0.497 e. The van der Waals surface area contributed by atoms with Gasteiger partial charge < -0.3 is 30.7 Å². The van der Waals surface area contributed by atoms with Gasteiger partial charge in [-0.05, 0) is 42.0 Å². The van der Waals surface area contributed by atoms with Gasteiger partial charge in [-0.1, -0.05) is 12.1 Å². The highest BCUT2D eigenvalue weighted by Crippen LogP contribution is 2.22. The molecule has 2 aromatic carbocycles. The first-order valence-electron chi connectivity index (χ1n) is 10.4. The molecule has 178 valence electrons. The number of nitrogen functional groups attached to an aromatic ring is 1. The Hall–Kier alpha value is -4.41. The van der Waals surface area contributed by atoms with Crippen molar-refractivity contribution in [1.82, 2.24) is 10.2 Å². The van der Waals surface area contributed by atoms with Crippen molar-refractivity contribution in [2.24, 2.45) is 5.73 Å². The van der Waals surface area contributed by atoms with Crippen LogP contribution in [-0.4, -0.2) is 66.3 Å². The summed E-state index contributed by atoms with van der Waals surface area (Å²) < 4.78 is 5.16. The monoisotopic (exact) mass is 467 g/mol. The van der Waals surface area contributed by atoms with Crippen molar-refractivity contribution < 1.29 is 29.0 Å². The van der Waals surface area contributed by atoms with Crippen LogP contribution in [0.3, 0.4) is 0 Å². The predicted octanol–water partition coefficient (Wildman–Crippen LogP) is 0.487. The Bertz CT molecular complexity index is 1120. The molecule has 3 amide bonds. The molecule has 11 heteroatoms. The lowest BCUT2D eigenvalue weighted by Gasteiger charge is -2.33. The van der Waals surface area contributed by atoms with Gasteiger partial charge in [0.15, 0.2) is 0 Å². The number of amides is 3. The molecule has 0 bridgehead atoms. The molecule has 0 radical (unpaired) electrons. The van der Waals surface area contributed by atoms with Gasteiger partial charge >= 0.3 is 17.8 Å². The van der Waals surface area contributed by atoms with E-state index in [0.29, 0.717) is 22.6 Å². The number of carbonyl (C=O) groups is 4. The highest BCUT2D eigenvalue weighted by atomic mass is 16.5. The summed E-state index contributed by atoms with van der Waals surface area (Å²) in [6.45, 7) is -0.0945. The molecule has 1 unspecified atom stereocenters. The standard InChI is InChI=1S/C23H25N5O6/c1-34-17-4-2-3-15(11-17)18(12-20(30)31)26-19(29)13-27-9-10-28(23(33)22(27)32)16-7-5-14(6-8-16)21(24)25/h2-8,11,18H,9-10,12-13H2,1H3,(H3,24,25)(H,26,29)(H,30,31). The van der Waals surface area contributed by atoms with Gasteiger partial charge in [0.25, 0.3) is 0 Å². The summed E-state index contributed by atoms with van der Waals surface area (Å²) in [5.74, 6) is -2.92. The van der Waals surface area contributed by atoms with Gasteiger partial charge in [-0.3, -0.25) is 24.6 Å². The third kappa shape index (κ3) is 5.68. The summed E-state index contributed by atoms with van der Waals surface area (Å²) in [5, 5.41) is 19.3. The van der Waals surface area contributed by atoms with Crippen LogP contribution < -0.4 is 20.7 Å². The highest BCUT2D eigenvalue weighted by molar-refractivity contribution is 6.41. The molecule has 34 heavy (non-hydrogen) atoms. The van der Waals surface area contributed by atoms with E-state index in [1.807, 2.05) is 0 Å². The van der Waals surface area contributed by atoms with Gasteiger partial charge in [0.2, 0.25) is 5.91 Å². The third-order valence-corrected chi connectivity index (χ3v) is 5.34. The molecule has 1 atom stereocenters. The van der Waals surface area contributed by atoms with E-state index in [1.54, 1.807) is 48.5 Å². The molecule has 5 N–H and O–H groups in total. The number of hydrogen-bond donors (Lipinski definition) is 4. The minimum atomic E-state index is -1.11. The number of methoxy groups -OCH3 is 1. The van der Waals surface area contributed by atoms with Gasteiger partial charge in [0.1, 0.15) is 18.1 Å². The van der Waals surface area contributed by atoms with E-state index in [-0.39, 0.29) is 31.9 Å². The van der Waals surface area contributed by atoms with Gasteiger partial charge in [0, 0.05) is 24.3 Å². The quantitative estimate of drug-likeness (QED) is 0.236. The zero-order valence-electron chi connectivity index (χ0n) is 18.5. The minimum absolute atomic E-state index is 0.111. The molecule has 0 spiro atoms. The summed E-state index contributed by atoms with van der Waals surface area (Å²) in [7, 11) is 1.48. The van der Waals surface area contributed by atoms with E-state index in [2.05, 4.69) is 5.32 Å². The second-order valence-corrected chi connectivity index (χ2v) is 7.64. The third-order valence-electron chi connectivity index (χ3n) is 5.34. The lowest BCUT2D eigenvalue weighted by Crippen LogP contribution is -2.56. The average Bonchev–Trinajstić information content (AvgIpc) is 2.81. The summed E-state index contributed by atoms with van der Waals surface area (Å²) in [6, 6.07) is 12.2. The first-order valence-corrected chi connectivity index (χ1v) is 10.4. The van der Waals surface area contributed by atoms with Crippen molar-refractivity contribution in [1.29, 1.82) is 5.41 Å². The lowest BCUT2D eigenvalue weighted by molar-refractivity contribution is -0.147. The van der Waals surface area contributed by atoms with Crippen LogP contribution in [0.15, 0.2) is 48.5 Å². The van der Waals surface area contributed by atoms with Gasteiger partial charge in [-0.2, -0.15) is 0 Å². The maximum atomic E-state index is 12.6. The van der Waals surface area contributed by atoms with Crippen molar-refractivity contribution >= 4 is 35.2 Å². The fraction of sp³-hybridized carbons (Fsp3) is 0.261. The van der Waals surface area contributed by atoms with Crippen molar-refractivity contribution in [2.45, 2.75) is 12.5 Å². The number of nitrogens with one attached hydrogen (secondary N) is 2. The number of hydrogen-bond acceptors (Lipinski definition) is 6. The molecule has 3 rings (SSSR count). The SMILES string of the molecule is COc1cccc(C(CC(=O)O)NC(=O)CN2CCN(c3ccc(C(=N)N)cc3)C(=O)C2=O)c1. The van der Waals surface area contributed by atoms with E-state index in [9.17, 15) is 24.3 Å². The molecule has 0 saturated carbocycles. The molecule has 2 aromatic rings. The van der Waals surface area contributed by atoms with E-state index in [1.165, 1.54) is 12.0 Å². The van der Waals surface area contributed by atoms with Crippen molar-refractivity contribution in [2.75, 3.05) is 31.6 Å². The summed E-state index contributed by atoms with van der Waals surface area (Å²) in [4.78, 5) is 51.7. The smallest absolute Gasteiger partial charge is 0.316 e. The lowest BCUT2D eigenvalue weighted by atomic mass is 10.0. The Labute approximate surface area is 195 Å². The van der Waals surface area contributed by atoms with Gasteiger partial charge in [-0.15, -0.1) is 0 Å². The van der Waals surface area contributed by atoms with Gasteiger partial charge in [0.05, 0.1) is 19.6 Å². The Morgan fingerprint density at radius 2 is 1.85 bits per heavy atom. The minimum Gasteiger partial charge on any atom is -0.497 e. The van der Waals surface area contributed by atoms with E-state index >= 15 is 0 Å². The van der Waals surface area contributed by atoms with E-state index < -0.39 is 29.7 Å². The number of aliphatic carboxylic acids is 1. The normalized spacial score (nSPS) is 14.5. The molecule has 11 nitrogen and oxygen atoms in total. The second-order valence-electron chi connectivity index (χ2n) is 7.64. The molecule has 1 aliphatic rings. The Balaban J connectivity index is 1.66. The maximum Gasteiger partial charge on any atom is 0.316 e. The van der Waals surface area contributed by atoms with Crippen LogP contribution in [0, 0.1) is 5.41 Å². The van der Waals surface area contributed by atoms with Gasteiger partial charge in [-0.25, -0.2) is 0 Å². The number of carbonyl (C=O) groups excluding carboxylic acids is 3. The molecular weight excluding hydrogens is 442 g/mol. The molecule has 1 heterocycles. The van der Waals surface area contributed by atoms with Crippen LogP contribution in [0.2, 0.25) is 0 Å². The average molecular weight is 467 g/mol. The Morgan fingerprint density at radius 3 is 2.47 bits per heavy atom. The van der Waals surface area contributed by atoms with E-state index in [0.717, 1.165) is 4.90 Å². The molecule has 1 aliphatic heterocycles. The molecule has 0 aromatic heterocycles. The number of nitrogens with two attached hydrogens (primary N) is 1. The fourth-order valence-corrected chi connectivity index (χ4v) is 3.59. The number of nitrogens with zero attached hydrogens (tertiary/aromatic N) is 2. The number of benzene rings is 2.